The van der Waals surface area contributed by atoms with Crippen LogP contribution in [0, 0.1) is 13.8 Å². The molecule has 0 aliphatic heterocycles. The number of hydrogen-bond acceptors (Lipinski definition) is 6. The fourth-order valence-electron chi connectivity index (χ4n) is 2.06. The van der Waals surface area contributed by atoms with Crippen LogP contribution >= 0.6 is 0 Å². The highest BCUT2D eigenvalue weighted by Gasteiger charge is 2.26. The first-order valence-corrected chi connectivity index (χ1v) is 6.68. The molecule has 1 atom stereocenters. The molecule has 3 aromatic rings. The van der Waals surface area contributed by atoms with E-state index in [2.05, 4.69) is 20.6 Å². The molecule has 0 bridgehead atoms. The summed E-state index contributed by atoms with van der Waals surface area (Å²) in [6.45, 7) is 5.65. The van der Waals surface area contributed by atoms with Gasteiger partial charge in [-0.3, -0.25) is 0 Å². The van der Waals surface area contributed by atoms with Gasteiger partial charge in [-0.25, -0.2) is 0 Å². The molecule has 0 amide bonds. The van der Waals surface area contributed by atoms with Gasteiger partial charge in [-0.05, 0) is 45.0 Å². The number of rotatable bonds is 4. The van der Waals surface area contributed by atoms with Gasteiger partial charge in [0.2, 0.25) is 0 Å². The first-order valence-electron chi connectivity index (χ1n) is 6.68. The molecule has 0 radical (unpaired) electrons. The molecule has 0 aromatic carbocycles. The van der Waals surface area contributed by atoms with Crippen LogP contribution in [0.15, 0.2) is 28.7 Å². The molecule has 0 aliphatic rings. The summed E-state index contributed by atoms with van der Waals surface area (Å²) >= 11 is 0. The van der Waals surface area contributed by atoms with Crippen molar-refractivity contribution in [3.05, 3.63) is 41.6 Å². The maximum atomic E-state index is 10.5. The summed E-state index contributed by atoms with van der Waals surface area (Å²) in [6, 6.07) is 7.22. The van der Waals surface area contributed by atoms with E-state index in [-0.39, 0.29) is 6.54 Å². The molecular formula is C14H17N5O2. The van der Waals surface area contributed by atoms with E-state index in [1.165, 1.54) is 0 Å². The minimum Gasteiger partial charge on any atom is -0.463 e. The van der Waals surface area contributed by atoms with Crippen molar-refractivity contribution < 1.29 is 9.52 Å². The Morgan fingerprint density at radius 2 is 2.05 bits per heavy atom. The molecule has 3 rings (SSSR count). The van der Waals surface area contributed by atoms with Gasteiger partial charge >= 0.3 is 0 Å². The number of aromatic nitrogens is 4. The Hall–Kier alpha value is -2.41. The molecule has 7 heteroatoms. The van der Waals surface area contributed by atoms with Crippen LogP contribution in [0.2, 0.25) is 0 Å². The largest absolute Gasteiger partial charge is 0.463 e. The Morgan fingerprint density at radius 3 is 2.76 bits per heavy atom. The van der Waals surface area contributed by atoms with Crippen LogP contribution in [0.4, 0.5) is 5.82 Å². The average molecular weight is 287 g/mol. The Morgan fingerprint density at radius 1 is 1.24 bits per heavy atom. The Bertz CT molecular complexity index is 775. The molecule has 0 spiro atoms. The minimum atomic E-state index is -1.12. The number of nitrogens with one attached hydrogen (secondary N) is 1. The summed E-state index contributed by atoms with van der Waals surface area (Å²) < 4.78 is 7.12. The standard InChI is InChI=1S/C14H17N5O2/c1-9-4-5-11(21-9)14(3,20)8-15-12-6-7-13-17-16-10(2)19(13)18-12/h4-7,20H,8H2,1-3H3,(H,15,18). The van der Waals surface area contributed by atoms with Crippen LogP contribution in [0.5, 0.6) is 0 Å². The van der Waals surface area contributed by atoms with E-state index in [9.17, 15) is 5.11 Å². The molecular weight excluding hydrogens is 270 g/mol. The first-order chi connectivity index (χ1) is 9.95. The molecule has 1 unspecified atom stereocenters. The molecule has 0 fully saturated rings. The van der Waals surface area contributed by atoms with Crippen molar-refractivity contribution in [2.24, 2.45) is 0 Å². The zero-order valence-corrected chi connectivity index (χ0v) is 12.2. The predicted molar refractivity (Wildman–Crippen MR) is 77.0 cm³/mol. The summed E-state index contributed by atoms with van der Waals surface area (Å²) in [5.41, 5.74) is -0.431. The molecule has 0 aliphatic carbocycles. The highest BCUT2D eigenvalue weighted by Crippen LogP contribution is 2.23. The molecule has 2 N–H and O–H groups in total. The zero-order chi connectivity index (χ0) is 15.0. The smallest absolute Gasteiger partial charge is 0.178 e. The number of furan rings is 1. The second kappa shape index (κ2) is 4.85. The highest BCUT2D eigenvalue weighted by atomic mass is 16.4. The maximum absolute atomic E-state index is 10.5. The minimum absolute atomic E-state index is 0.277. The van der Waals surface area contributed by atoms with Gasteiger partial charge in [0.1, 0.15) is 22.9 Å². The van der Waals surface area contributed by atoms with Gasteiger partial charge in [-0.15, -0.1) is 15.3 Å². The Labute approximate surface area is 121 Å². The topological polar surface area (TPSA) is 88.5 Å². The Kier molecular flexibility index (Phi) is 3.13. The van der Waals surface area contributed by atoms with Crippen molar-refractivity contribution in [3.63, 3.8) is 0 Å². The highest BCUT2D eigenvalue weighted by molar-refractivity contribution is 5.44. The molecule has 7 nitrogen and oxygen atoms in total. The summed E-state index contributed by atoms with van der Waals surface area (Å²) in [7, 11) is 0. The normalized spacial score (nSPS) is 14.3. The lowest BCUT2D eigenvalue weighted by molar-refractivity contribution is 0.0467. The molecule has 21 heavy (non-hydrogen) atoms. The third-order valence-corrected chi connectivity index (χ3v) is 3.30. The lowest BCUT2D eigenvalue weighted by Crippen LogP contribution is -2.30. The SMILES string of the molecule is Cc1ccc(C(C)(O)CNc2ccc3nnc(C)n3n2)o1. The van der Waals surface area contributed by atoms with E-state index >= 15 is 0 Å². The predicted octanol–water partition coefficient (Wildman–Crippen LogP) is 1.65. The van der Waals surface area contributed by atoms with Crippen LogP contribution in [0.3, 0.4) is 0 Å². The van der Waals surface area contributed by atoms with Crippen molar-refractivity contribution in [2.45, 2.75) is 26.4 Å². The van der Waals surface area contributed by atoms with E-state index in [0.717, 1.165) is 5.76 Å². The lowest BCUT2D eigenvalue weighted by Gasteiger charge is -2.21. The van der Waals surface area contributed by atoms with Crippen LogP contribution < -0.4 is 5.32 Å². The van der Waals surface area contributed by atoms with Crippen molar-refractivity contribution >= 4 is 11.5 Å². The van der Waals surface area contributed by atoms with Gasteiger partial charge in [0.25, 0.3) is 0 Å². The van der Waals surface area contributed by atoms with E-state index in [0.29, 0.717) is 23.0 Å². The molecule has 110 valence electrons. The summed E-state index contributed by atoms with van der Waals surface area (Å²) in [5, 5.41) is 25.9. The second-order valence-corrected chi connectivity index (χ2v) is 5.27. The molecule has 3 aromatic heterocycles. The third kappa shape index (κ3) is 2.59. The van der Waals surface area contributed by atoms with E-state index < -0.39 is 5.60 Å². The number of anilines is 1. The van der Waals surface area contributed by atoms with Crippen LogP contribution in [-0.4, -0.2) is 31.5 Å². The van der Waals surface area contributed by atoms with Gasteiger partial charge in [0, 0.05) is 0 Å². The fraction of sp³-hybridized carbons (Fsp3) is 0.357. The van der Waals surface area contributed by atoms with Gasteiger partial charge in [-0.1, -0.05) is 0 Å². The molecule has 3 heterocycles. The van der Waals surface area contributed by atoms with Gasteiger partial charge in [0.05, 0.1) is 6.54 Å². The van der Waals surface area contributed by atoms with Crippen molar-refractivity contribution in [3.8, 4) is 0 Å². The fourth-order valence-corrected chi connectivity index (χ4v) is 2.06. The zero-order valence-electron chi connectivity index (χ0n) is 12.2. The van der Waals surface area contributed by atoms with E-state index in [4.69, 9.17) is 4.42 Å². The van der Waals surface area contributed by atoms with Crippen LogP contribution in [0.1, 0.15) is 24.3 Å². The first kappa shape index (κ1) is 13.6. The Balaban J connectivity index is 1.77. The number of nitrogens with zero attached hydrogens (tertiary/aromatic N) is 4. The number of aliphatic hydroxyl groups is 1. The van der Waals surface area contributed by atoms with Crippen molar-refractivity contribution in [2.75, 3.05) is 11.9 Å². The summed E-state index contributed by atoms with van der Waals surface area (Å²) in [5.74, 6) is 2.63. The van der Waals surface area contributed by atoms with E-state index in [1.54, 1.807) is 23.6 Å². The number of fused-ring (bicyclic) bond motifs is 1. The number of hydrogen-bond donors (Lipinski definition) is 2. The second-order valence-electron chi connectivity index (χ2n) is 5.27. The van der Waals surface area contributed by atoms with E-state index in [1.807, 2.05) is 26.0 Å². The van der Waals surface area contributed by atoms with Gasteiger partial charge < -0.3 is 14.8 Å². The van der Waals surface area contributed by atoms with Crippen LogP contribution in [0.25, 0.3) is 5.65 Å². The summed E-state index contributed by atoms with van der Waals surface area (Å²) in [6.07, 6.45) is 0. The van der Waals surface area contributed by atoms with Crippen molar-refractivity contribution in [1.82, 2.24) is 19.8 Å². The summed E-state index contributed by atoms with van der Waals surface area (Å²) in [4.78, 5) is 0. The monoisotopic (exact) mass is 287 g/mol. The number of aryl methyl sites for hydroxylation is 2. The lowest BCUT2D eigenvalue weighted by atomic mass is 10.0. The maximum Gasteiger partial charge on any atom is 0.178 e. The molecule has 0 saturated heterocycles. The average Bonchev–Trinajstić information content (AvgIpc) is 3.04. The third-order valence-electron chi connectivity index (χ3n) is 3.30. The van der Waals surface area contributed by atoms with Crippen molar-refractivity contribution in [1.29, 1.82) is 0 Å². The van der Waals surface area contributed by atoms with Gasteiger partial charge in [0.15, 0.2) is 11.5 Å². The quantitative estimate of drug-likeness (QED) is 0.758. The van der Waals surface area contributed by atoms with Gasteiger partial charge in [-0.2, -0.15) is 4.52 Å². The molecule has 0 saturated carbocycles. The van der Waals surface area contributed by atoms with Crippen LogP contribution in [-0.2, 0) is 5.60 Å².